The first-order valence-corrected chi connectivity index (χ1v) is 19.4. The van der Waals surface area contributed by atoms with Crippen molar-refractivity contribution in [3.63, 3.8) is 0 Å². The number of pyridine rings is 1. The molecule has 5 aliphatic rings. The van der Waals surface area contributed by atoms with Crippen LogP contribution >= 0.6 is 11.6 Å². The van der Waals surface area contributed by atoms with Crippen LogP contribution in [0, 0.1) is 22.2 Å². The van der Waals surface area contributed by atoms with E-state index in [1.54, 1.807) is 48.7 Å². The van der Waals surface area contributed by atoms with Crippen LogP contribution in [0.5, 0.6) is 11.5 Å². The number of piperidine rings is 1. The van der Waals surface area contributed by atoms with Crippen LogP contribution < -0.4 is 20.1 Å². The van der Waals surface area contributed by atoms with Crippen molar-refractivity contribution < 1.29 is 33.4 Å². The minimum atomic E-state index is -0.978. The highest BCUT2D eigenvalue weighted by Crippen LogP contribution is 2.55. The number of benzene rings is 2. The van der Waals surface area contributed by atoms with Gasteiger partial charge in [-0.15, -0.1) is 0 Å². The fourth-order valence-electron chi connectivity index (χ4n) is 9.76. The van der Waals surface area contributed by atoms with Crippen molar-refractivity contribution in [2.75, 3.05) is 0 Å². The van der Waals surface area contributed by atoms with Crippen LogP contribution in [0.3, 0.4) is 0 Å². The Morgan fingerprint density at radius 3 is 2.11 bits per heavy atom. The molecule has 3 aliphatic heterocycles. The average Bonchev–Trinajstić information content (AvgIpc) is 3.69. The van der Waals surface area contributed by atoms with Crippen LogP contribution in [-0.2, 0) is 22.7 Å². The number of amides is 5. The van der Waals surface area contributed by atoms with Crippen LogP contribution in [0.1, 0.15) is 114 Å². The van der Waals surface area contributed by atoms with E-state index in [1.807, 2.05) is 0 Å². The number of ether oxygens (including phenoxy) is 2. The van der Waals surface area contributed by atoms with Gasteiger partial charge in [0.05, 0.1) is 34.0 Å². The van der Waals surface area contributed by atoms with Gasteiger partial charge in [-0.2, -0.15) is 5.26 Å². The number of nitriles is 1. The summed E-state index contributed by atoms with van der Waals surface area (Å²) in [5.74, 6) is -1.09. The molecule has 0 bridgehead atoms. The van der Waals surface area contributed by atoms with E-state index in [2.05, 4.69) is 54.3 Å². The summed E-state index contributed by atoms with van der Waals surface area (Å²) in [7, 11) is 0. The van der Waals surface area contributed by atoms with Gasteiger partial charge in [0, 0.05) is 48.5 Å². The molecule has 5 amide bonds. The van der Waals surface area contributed by atoms with Gasteiger partial charge in [0.2, 0.25) is 11.8 Å². The molecule has 4 heterocycles. The first-order valence-electron chi connectivity index (χ1n) is 19.1. The first-order chi connectivity index (χ1) is 26.6. The number of hydrogen-bond donors (Lipinski definition) is 2. The zero-order valence-corrected chi connectivity index (χ0v) is 32.4. The third kappa shape index (κ3) is 6.48. The molecule has 1 saturated heterocycles. The largest absolute Gasteiger partial charge is 0.489 e. The number of aromatic nitrogens is 1. The molecule has 2 N–H and O–H groups in total. The van der Waals surface area contributed by atoms with E-state index in [0.717, 1.165) is 41.7 Å². The zero-order chi connectivity index (χ0) is 39.7. The van der Waals surface area contributed by atoms with Crippen molar-refractivity contribution in [1.29, 1.82) is 5.26 Å². The maximum absolute atomic E-state index is 13.4. The lowest BCUT2D eigenvalue weighted by atomic mass is 9.49. The molecule has 290 valence electrons. The van der Waals surface area contributed by atoms with Crippen molar-refractivity contribution in [3.8, 4) is 17.6 Å². The Morgan fingerprint density at radius 1 is 0.893 bits per heavy atom. The number of fused-ring (bicyclic) bond motifs is 2. The van der Waals surface area contributed by atoms with Gasteiger partial charge < -0.3 is 14.8 Å². The van der Waals surface area contributed by atoms with Crippen molar-refractivity contribution >= 4 is 41.1 Å². The number of nitrogens with one attached hydrogen (secondary N) is 2. The van der Waals surface area contributed by atoms with Crippen molar-refractivity contribution in [2.24, 2.45) is 10.8 Å². The molecule has 56 heavy (non-hydrogen) atoms. The van der Waals surface area contributed by atoms with Gasteiger partial charge in [-0.25, -0.2) is 4.98 Å². The zero-order valence-electron chi connectivity index (χ0n) is 31.7. The summed E-state index contributed by atoms with van der Waals surface area (Å²) in [5, 5.41) is 14.9. The molecule has 2 saturated carbocycles. The highest BCUT2D eigenvalue weighted by Gasteiger charge is 2.64. The molecule has 3 aromatic rings. The number of hydrogen-bond acceptors (Lipinski definition) is 10. The molecular weight excluding hydrogens is 736 g/mol. The average molecular weight is 779 g/mol. The fraction of sp³-hybridized carbons (Fsp3) is 0.452. The van der Waals surface area contributed by atoms with Gasteiger partial charge in [0.15, 0.2) is 0 Å². The topological polar surface area (TPSA) is 171 Å². The number of carbonyl (C=O) groups excluding carboxylic acids is 5. The molecule has 2 aromatic carbocycles. The van der Waals surface area contributed by atoms with E-state index in [9.17, 15) is 29.2 Å². The van der Waals surface area contributed by atoms with Crippen LogP contribution in [0.15, 0.2) is 48.7 Å². The molecule has 0 radical (unpaired) electrons. The maximum Gasteiger partial charge on any atom is 0.270 e. The number of carbonyl (C=O) groups is 5. The van der Waals surface area contributed by atoms with Crippen molar-refractivity contribution in [1.82, 2.24) is 25.4 Å². The first kappa shape index (κ1) is 37.6. The summed E-state index contributed by atoms with van der Waals surface area (Å²) in [4.78, 5) is 71.9. The van der Waals surface area contributed by atoms with Crippen molar-refractivity contribution in [2.45, 2.75) is 110 Å². The predicted molar refractivity (Wildman–Crippen MR) is 203 cm³/mol. The Morgan fingerprint density at radius 2 is 1.54 bits per heavy atom. The third-order valence-corrected chi connectivity index (χ3v) is 12.7. The lowest BCUT2D eigenvalue weighted by Gasteiger charge is -2.63. The number of halogens is 1. The normalized spacial score (nSPS) is 26.4. The quantitative estimate of drug-likeness (QED) is 0.285. The summed E-state index contributed by atoms with van der Waals surface area (Å²) in [5.41, 5.74) is 2.52. The molecule has 13 nitrogen and oxygen atoms in total. The van der Waals surface area contributed by atoms with Crippen LogP contribution in [0.4, 0.5) is 0 Å². The predicted octanol–water partition coefficient (Wildman–Crippen LogP) is 5.33. The molecule has 2 aliphatic carbocycles. The van der Waals surface area contributed by atoms with Gasteiger partial charge >= 0.3 is 0 Å². The fourth-order valence-corrected chi connectivity index (χ4v) is 9.97. The molecule has 1 unspecified atom stereocenters. The molecule has 1 aromatic heterocycles. The lowest BCUT2D eigenvalue weighted by molar-refractivity contribution is -0.164. The van der Waals surface area contributed by atoms with Gasteiger partial charge in [-0.3, -0.25) is 39.1 Å². The molecular formula is C42H43ClN6O7. The standard InChI is InChI=1S/C42H43ClN6O7/c1-41(2)39(42(3,4)40(41)56-27-8-5-22(18-44)31(43)17-27)47-35(51)32-12-11-28(19-45-32)55-26-9-6-25(7-10-26)48-20-23-15-29-30(16-24(23)21-48)38(54)49(37(29)53)33-13-14-34(50)46-36(33)52/h5,8,11-12,15-17,19,25-26,33,39-40H,6-7,9-10,13-14,20-21H2,1-4H3,(H,47,51)(H,46,50,52). The SMILES string of the molecule is CC1(C)C(NC(=O)c2ccc(OC3CCC(N4Cc5cc6c(cc5C4)C(=O)N(C4CCC(=O)NC4=O)C6=O)CC3)cn2)C(C)(C)C1Oc1ccc(C#N)c(Cl)c1. The Bertz CT molecular complexity index is 2150. The second-order valence-corrected chi connectivity index (χ2v) is 17.2. The highest BCUT2D eigenvalue weighted by molar-refractivity contribution is 6.31. The molecule has 8 rings (SSSR count). The van der Waals surface area contributed by atoms with E-state index >= 15 is 0 Å². The minimum Gasteiger partial charge on any atom is -0.489 e. The van der Waals surface area contributed by atoms with Gasteiger partial charge in [-0.1, -0.05) is 39.3 Å². The second-order valence-electron chi connectivity index (χ2n) is 16.7. The van der Waals surface area contributed by atoms with Crippen molar-refractivity contribution in [3.05, 3.63) is 87.2 Å². The molecule has 1 atom stereocenters. The second kappa shape index (κ2) is 14.0. The van der Waals surface area contributed by atoms with Gasteiger partial charge in [-0.05, 0) is 79.6 Å². The minimum absolute atomic E-state index is 0.00880. The monoisotopic (exact) mass is 778 g/mol. The lowest BCUT2D eigenvalue weighted by Crippen LogP contribution is -2.74. The molecule has 14 heteroatoms. The number of imide groups is 2. The molecule has 3 fully saturated rings. The number of rotatable bonds is 8. The Kier molecular flexibility index (Phi) is 9.40. The smallest absolute Gasteiger partial charge is 0.270 e. The van der Waals surface area contributed by atoms with E-state index in [-0.39, 0.29) is 37.0 Å². The Labute approximate surface area is 329 Å². The summed E-state index contributed by atoms with van der Waals surface area (Å²) >= 11 is 6.23. The Hall–Kier alpha value is -5.32. The van der Waals surface area contributed by atoms with Gasteiger partial charge in [0.25, 0.3) is 17.7 Å². The van der Waals surface area contributed by atoms with Crippen LogP contribution in [0.2, 0.25) is 5.02 Å². The Balaban J connectivity index is 0.821. The maximum atomic E-state index is 13.4. The summed E-state index contributed by atoms with van der Waals surface area (Å²) in [6.07, 6.45) is 5.13. The molecule has 0 spiro atoms. The third-order valence-electron chi connectivity index (χ3n) is 12.4. The highest BCUT2D eigenvalue weighted by atomic mass is 35.5. The van der Waals surface area contributed by atoms with E-state index in [0.29, 0.717) is 58.0 Å². The van der Waals surface area contributed by atoms with Crippen LogP contribution in [-0.4, -0.2) is 74.7 Å². The van der Waals surface area contributed by atoms with E-state index in [4.69, 9.17) is 21.1 Å². The van der Waals surface area contributed by atoms with Crippen LogP contribution in [0.25, 0.3) is 0 Å². The summed E-state index contributed by atoms with van der Waals surface area (Å²) in [6, 6.07) is 13.3. The number of nitrogens with zero attached hydrogens (tertiary/aromatic N) is 4. The van der Waals surface area contributed by atoms with Gasteiger partial charge in [0.1, 0.15) is 35.4 Å². The summed E-state index contributed by atoms with van der Waals surface area (Å²) in [6.45, 7) is 9.54. The summed E-state index contributed by atoms with van der Waals surface area (Å²) < 4.78 is 12.6. The van der Waals surface area contributed by atoms with E-state index < -0.39 is 40.5 Å². The van der Waals surface area contributed by atoms with E-state index in [1.165, 1.54) is 0 Å².